The van der Waals surface area contributed by atoms with Gasteiger partial charge in [0, 0.05) is 16.1 Å². The quantitative estimate of drug-likeness (QED) is 0.761. The van der Waals surface area contributed by atoms with E-state index in [-0.39, 0.29) is 11.3 Å². The molecule has 4 nitrogen and oxygen atoms in total. The number of halogens is 1. The average molecular weight is 344 g/mol. The molecule has 0 aliphatic carbocycles. The molecule has 2 aromatic carbocycles. The number of pyridine rings is 1. The fourth-order valence-corrected chi connectivity index (χ4v) is 2.38. The number of hydrogen-bond acceptors (Lipinski definition) is 3. The lowest BCUT2D eigenvalue weighted by atomic mass is 10.2. The summed E-state index contributed by atoms with van der Waals surface area (Å²) in [4.78, 5) is 15.5. The zero-order valence-corrected chi connectivity index (χ0v) is 12.4. The molecular formula is C16H10BrNO3. The maximum absolute atomic E-state index is 11.3. The van der Waals surface area contributed by atoms with Crippen molar-refractivity contribution in [2.75, 3.05) is 0 Å². The van der Waals surface area contributed by atoms with Crippen molar-refractivity contribution >= 4 is 32.8 Å². The zero-order chi connectivity index (χ0) is 14.8. The van der Waals surface area contributed by atoms with E-state index < -0.39 is 5.97 Å². The number of fused-ring (bicyclic) bond motifs is 1. The van der Waals surface area contributed by atoms with Gasteiger partial charge < -0.3 is 9.84 Å². The summed E-state index contributed by atoms with van der Waals surface area (Å²) in [6.45, 7) is 0. The van der Waals surface area contributed by atoms with Crippen LogP contribution >= 0.6 is 15.9 Å². The largest absolute Gasteiger partial charge is 0.478 e. The number of carbonyl (C=O) groups is 1. The smallest absolute Gasteiger partial charge is 0.339 e. The topological polar surface area (TPSA) is 59.4 Å². The first-order valence-corrected chi connectivity index (χ1v) is 6.99. The molecule has 0 radical (unpaired) electrons. The molecule has 0 atom stereocenters. The van der Waals surface area contributed by atoms with E-state index in [1.54, 1.807) is 24.4 Å². The molecule has 0 saturated carbocycles. The van der Waals surface area contributed by atoms with Crippen molar-refractivity contribution in [2.24, 2.45) is 0 Å². The van der Waals surface area contributed by atoms with Crippen LogP contribution in [0.4, 0.5) is 0 Å². The molecule has 0 unspecified atom stereocenters. The van der Waals surface area contributed by atoms with Crippen molar-refractivity contribution in [3.8, 4) is 11.5 Å². The molecule has 3 rings (SSSR count). The number of aromatic nitrogens is 1. The summed E-state index contributed by atoms with van der Waals surface area (Å²) in [7, 11) is 0. The lowest BCUT2D eigenvalue weighted by Gasteiger charge is -2.11. The second-order valence-corrected chi connectivity index (χ2v) is 5.29. The SMILES string of the molecule is O=C(O)c1ccc(Br)cc1Oc1cccc2ncccc12. The Hall–Kier alpha value is -2.40. The average Bonchev–Trinajstić information content (AvgIpc) is 2.47. The Kier molecular flexibility index (Phi) is 3.58. The number of rotatable bonds is 3. The molecule has 0 amide bonds. The highest BCUT2D eigenvalue weighted by molar-refractivity contribution is 9.10. The molecule has 0 aliphatic rings. The Bertz CT molecular complexity index is 827. The van der Waals surface area contributed by atoms with Crippen molar-refractivity contribution < 1.29 is 14.6 Å². The number of aromatic carboxylic acids is 1. The molecule has 104 valence electrons. The van der Waals surface area contributed by atoms with Crippen molar-refractivity contribution in [3.63, 3.8) is 0 Å². The standard InChI is InChI=1S/C16H10BrNO3/c17-10-6-7-12(16(19)20)15(9-10)21-14-5-1-4-13-11(14)3-2-8-18-13/h1-9H,(H,19,20). The maximum Gasteiger partial charge on any atom is 0.339 e. The van der Waals surface area contributed by atoms with Gasteiger partial charge in [0.05, 0.1) is 5.52 Å². The van der Waals surface area contributed by atoms with Gasteiger partial charge in [0.15, 0.2) is 0 Å². The Balaban J connectivity index is 2.11. The fourth-order valence-electron chi connectivity index (χ4n) is 2.04. The van der Waals surface area contributed by atoms with Crippen LogP contribution in [0.15, 0.2) is 59.2 Å². The predicted molar refractivity (Wildman–Crippen MR) is 82.9 cm³/mol. The van der Waals surface area contributed by atoms with Crippen LogP contribution in [0.25, 0.3) is 10.9 Å². The molecule has 5 heteroatoms. The highest BCUT2D eigenvalue weighted by Crippen LogP contribution is 2.32. The molecule has 0 fully saturated rings. The first kappa shape index (κ1) is 13.6. The molecule has 1 aromatic heterocycles. The Morgan fingerprint density at radius 2 is 1.95 bits per heavy atom. The second kappa shape index (κ2) is 5.54. The van der Waals surface area contributed by atoms with E-state index in [4.69, 9.17) is 4.74 Å². The number of carboxylic acids is 1. The third-order valence-corrected chi connectivity index (χ3v) is 3.49. The van der Waals surface area contributed by atoms with Crippen molar-refractivity contribution in [2.45, 2.75) is 0 Å². The highest BCUT2D eigenvalue weighted by Gasteiger charge is 2.13. The Morgan fingerprint density at radius 3 is 2.76 bits per heavy atom. The van der Waals surface area contributed by atoms with Gasteiger partial charge >= 0.3 is 5.97 Å². The van der Waals surface area contributed by atoms with E-state index in [0.29, 0.717) is 5.75 Å². The highest BCUT2D eigenvalue weighted by atomic mass is 79.9. The molecule has 0 bridgehead atoms. The summed E-state index contributed by atoms with van der Waals surface area (Å²) in [6, 6.07) is 14.0. The van der Waals surface area contributed by atoms with Crippen molar-refractivity contribution in [1.82, 2.24) is 4.98 Å². The summed E-state index contributed by atoms with van der Waals surface area (Å²) < 4.78 is 6.56. The van der Waals surface area contributed by atoms with Crippen LogP contribution in [-0.4, -0.2) is 16.1 Å². The second-order valence-electron chi connectivity index (χ2n) is 4.37. The van der Waals surface area contributed by atoms with Gasteiger partial charge in [-0.25, -0.2) is 4.79 Å². The Morgan fingerprint density at radius 1 is 1.10 bits per heavy atom. The number of ether oxygens (including phenoxy) is 1. The van der Waals surface area contributed by atoms with Crippen LogP contribution in [0.5, 0.6) is 11.5 Å². The van der Waals surface area contributed by atoms with Gasteiger partial charge in [-0.2, -0.15) is 0 Å². The first-order chi connectivity index (χ1) is 10.1. The first-order valence-electron chi connectivity index (χ1n) is 6.19. The number of carboxylic acid groups (broad SMARTS) is 1. The normalized spacial score (nSPS) is 10.5. The monoisotopic (exact) mass is 343 g/mol. The van der Waals surface area contributed by atoms with E-state index in [1.165, 1.54) is 6.07 Å². The molecule has 0 spiro atoms. The molecule has 1 N–H and O–H groups in total. The van der Waals surface area contributed by atoms with Crippen LogP contribution in [0.1, 0.15) is 10.4 Å². The lowest BCUT2D eigenvalue weighted by Crippen LogP contribution is -2.00. The maximum atomic E-state index is 11.3. The van der Waals surface area contributed by atoms with Crippen LogP contribution in [-0.2, 0) is 0 Å². The van der Waals surface area contributed by atoms with E-state index in [0.717, 1.165) is 15.4 Å². The van der Waals surface area contributed by atoms with Crippen LogP contribution in [0, 0.1) is 0 Å². The van der Waals surface area contributed by atoms with Crippen LogP contribution < -0.4 is 4.74 Å². The summed E-state index contributed by atoms with van der Waals surface area (Å²) in [5.41, 5.74) is 0.904. The van der Waals surface area contributed by atoms with E-state index in [2.05, 4.69) is 20.9 Å². The van der Waals surface area contributed by atoms with Gasteiger partial charge in [0.2, 0.25) is 0 Å². The predicted octanol–water partition coefficient (Wildman–Crippen LogP) is 4.49. The van der Waals surface area contributed by atoms with Gasteiger partial charge in [-0.05, 0) is 42.5 Å². The van der Waals surface area contributed by atoms with Gasteiger partial charge in [0.1, 0.15) is 17.1 Å². The van der Waals surface area contributed by atoms with E-state index in [9.17, 15) is 9.90 Å². The van der Waals surface area contributed by atoms with Crippen LogP contribution in [0.3, 0.4) is 0 Å². The molecular weight excluding hydrogens is 334 g/mol. The minimum absolute atomic E-state index is 0.110. The molecule has 3 aromatic rings. The zero-order valence-electron chi connectivity index (χ0n) is 10.8. The molecule has 1 heterocycles. The number of hydrogen-bond donors (Lipinski definition) is 1. The summed E-state index contributed by atoms with van der Waals surface area (Å²) in [6.07, 6.45) is 1.70. The van der Waals surface area contributed by atoms with Crippen LogP contribution in [0.2, 0.25) is 0 Å². The van der Waals surface area contributed by atoms with Gasteiger partial charge in [-0.3, -0.25) is 4.98 Å². The third-order valence-electron chi connectivity index (χ3n) is 3.00. The third kappa shape index (κ3) is 2.73. The molecule has 21 heavy (non-hydrogen) atoms. The summed E-state index contributed by atoms with van der Waals surface area (Å²) in [5, 5.41) is 10.1. The molecule has 0 aliphatic heterocycles. The van der Waals surface area contributed by atoms with Gasteiger partial charge in [0.25, 0.3) is 0 Å². The summed E-state index contributed by atoms with van der Waals surface area (Å²) >= 11 is 3.32. The lowest BCUT2D eigenvalue weighted by molar-refractivity contribution is 0.0694. The number of benzene rings is 2. The van der Waals surface area contributed by atoms with Gasteiger partial charge in [-0.15, -0.1) is 0 Å². The summed E-state index contributed by atoms with van der Waals surface area (Å²) in [5.74, 6) is -0.176. The Labute approximate surface area is 129 Å². The molecule has 0 saturated heterocycles. The van der Waals surface area contributed by atoms with E-state index in [1.807, 2.05) is 24.3 Å². The fraction of sp³-hybridized carbons (Fsp3) is 0. The van der Waals surface area contributed by atoms with E-state index >= 15 is 0 Å². The van der Waals surface area contributed by atoms with Crippen molar-refractivity contribution in [3.05, 3.63) is 64.8 Å². The number of nitrogens with zero attached hydrogens (tertiary/aromatic N) is 1. The van der Waals surface area contributed by atoms with Gasteiger partial charge in [-0.1, -0.05) is 22.0 Å². The minimum Gasteiger partial charge on any atom is -0.478 e. The minimum atomic E-state index is -1.03. The van der Waals surface area contributed by atoms with Crippen molar-refractivity contribution in [1.29, 1.82) is 0 Å².